The molecule has 8 nitrogen and oxygen atoms in total. The van der Waals surface area contributed by atoms with Gasteiger partial charge in [-0.15, -0.1) is 0 Å². The number of pyridine rings is 1. The molecule has 2 saturated carbocycles. The molecule has 1 amide bonds. The van der Waals surface area contributed by atoms with E-state index in [2.05, 4.69) is 22.0 Å². The van der Waals surface area contributed by atoms with E-state index in [-0.39, 0.29) is 70.7 Å². The molecule has 0 spiro atoms. The molecule has 10 rings (SSSR count). The summed E-state index contributed by atoms with van der Waals surface area (Å²) in [5, 5.41) is 24.9. The Morgan fingerprint density at radius 3 is 2.61 bits per heavy atom. The third-order valence-corrected chi connectivity index (χ3v) is 12.8. The third kappa shape index (κ3) is 5.66. The molecule has 3 saturated heterocycles. The summed E-state index contributed by atoms with van der Waals surface area (Å²) in [5.74, 6) is -0.690. The Balaban J connectivity index is 1.21. The first-order valence-electron chi connectivity index (χ1n) is 18.5. The number of hydrogen-bond donors (Lipinski definition) is 1. The van der Waals surface area contributed by atoms with Gasteiger partial charge in [-0.3, -0.25) is 4.79 Å². The number of nitrogens with zero attached hydrogens (tertiary/aromatic N) is 5. The number of likely N-dealkylation sites (tertiary alicyclic amines) is 1. The van der Waals surface area contributed by atoms with Crippen molar-refractivity contribution in [1.82, 2.24) is 19.8 Å². The normalized spacial score (nSPS) is 23.2. The molecule has 0 radical (unpaired) electrons. The number of fused-ring (bicyclic) bond motifs is 4. The van der Waals surface area contributed by atoms with Gasteiger partial charge in [0.2, 0.25) is 5.91 Å². The maximum absolute atomic E-state index is 17.2. The van der Waals surface area contributed by atoms with Crippen molar-refractivity contribution in [2.75, 3.05) is 13.1 Å². The SMILES string of the molecule is Cc1nc2c(F)c(-c3cccc(Cl)c3Cl)c(CCC#N)cc2c2c1cc(C1CC(OCc3cccc(F)c3C#N)CN1C(=O)C1CC1)n2C1C2CNC1C2. The Bertz CT molecular complexity index is 2450. The monoisotopic (exact) mass is 764 g/mol. The molecular weight excluding hydrogens is 729 g/mol. The Labute approximate surface area is 321 Å². The van der Waals surface area contributed by atoms with Crippen molar-refractivity contribution in [3.8, 4) is 23.3 Å². The molecule has 274 valence electrons. The van der Waals surface area contributed by atoms with Gasteiger partial charge < -0.3 is 19.5 Å². The van der Waals surface area contributed by atoms with Crippen LogP contribution in [0.1, 0.15) is 72.3 Å². The third-order valence-electron chi connectivity index (χ3n) is 11.9. The van der Waals surface area contributed by atoms with Gasteiger partial charge >= 0.3 is 0 Å². The highest BCUT2D eigenvalue weighted by molar-refractivity contribution is 6.43. The lowest BCUT2D eigenvalue weighted by Gasteiger charge is -2.39. The van der Waals surface area contributed by atoms with E-state index >= 15 is 4.39 Å². The standard InChI is InChI=1S/C42H36Cl2F2N6O2/c1-21-28-16-35(34-15-26(19-51(34)42(53)22-10-11-22)54-20-24-5-2-9-32(45)30(24)17-48)52(40-25-14-33(40)49-18-25)41(28)29-13-23(6-4-12-47)36(38(46)39(29)50-21)27-7-3-8-31(43)37(27)44/h2-3,5,7-9,13,16,22,25-26,33-34,40,49H,4,6,10-11,14-15,18-20H2,1H3. The van der Waals surface area contributed by atoms with Gasteiger partial charge in [-0.2, -0.15) is 10.5 Å². The quantitative estimate of drug-likeness (QED) is 0.161. The molecule has 5 heterocycles. The second kappa shape index (κ2) is 13.6. The van der Waals surface area contributed by atoms with Crippen LogP contribution in [0.4, 0.5) is 8.78 Å². The van der Waals surface area contributed by atoms with Crippen LogP contribution in [0.15, 0.2) is 48.5 Å². The number of rotatable bonds is 9. The molecule has 54 heavy (non-hydrogen) atoms. The van der Waals surface area contributed by atoms with Crippen LogP contribution >= 0.6 is 23.2 Å². The van der Waals surface area contributed by atoms with Gasteiger partial charge in [-0.05, 0) is 73.9 Å². The van der Waals surface area contributed by atoms with Gasteiger partial charge in [-0.1, -0.05) is 47.5 Å². The van der Waals surface area contributed by atoms with Crippen LogP contribution in [-0.2, 0) is 22.6 Å². The average Bonchev–Trinajstić information content (AvgIpc) is 3.45. The molecule has 5 aromatic rings. The number of nitriles is 2. The zero-order valence-electron chi connectivity index (χ0n) is 29.5. The predicted molar refractivity (Wildman–Crippen MR) is 202 cm³/mol. The molecular formula is C42H36Cl2F2N6O2. The van der Waals surface area contributed by atoms with Gasteiger partial charge in [0.15, 0.2) is 5.82 Å². The molecule has 3 aromatic carbocycles. The number of amides is 1. The topological polar surface area (TPSA) is 107 Å². The zero-order valence-corrected chi connectivity index (χ0v) is 31.0. The number of hydrogen-bond acceptors (Lipinski definition) is 6. The summed E-state index contributed by atoms with van der Waals surface area (Å²) in [4.78, 5) is 20.9. The summed E-state index contributed by atoms with van der Waals surface area (Å²) in [7, 11) is 0. The van der Waals surface area contributed by atoms with Gasteiger partial charge in [0.05, 0.1) is 52.0 Å². The Hall–Kier alpha value is -4.58. The lowest BCUT2D eigenvalue weighted by atomic mass is 9.79. The van der Waals surface area contributed by atoms with E-state index < -0.39 is 11.6 Å². The maximum Gasteiger partial charge on any atom is 0.226 e. The zero-order chi connectivity index (χ0) is 37.4. The summed E-state index contributed by atoms with van der Waals surface area (Å²) in [6, 6.07) is 17.9. The van der Waals surface area contributed by atoms with Crippen LogP contribution in [0.25, 0.3) is 32.9 Å². The lowest BCUT2D eigenvalue weighted by molar-refractivity contribution is -0.134. The number of carbonyl (C=O) groups excluding carboxylic acids is 1. The number of halogens is 4. The fraction of sp³-hybridized carbons (Fsp3) is 0.381. The van der Waals surface area contributed by atoms with Crippen molar-refractivity contribution in [3.63, 3.8) is 0 Å². The van der Waals surface area contributed by atoms with Gasteiger partial charge in [0, 0.05) is 71.2 Å². The molecule has 2 bridgehead atoms. The summed E-state index contributed by atoms with van der Waals surface area (Å²) in [5.41, 5.74) is 4.47. The average molecular weight is 766 g/mol. The fourth-order valence-electron chi connectivity index (χ4n) is 9.13. The van der Waals surface area contributed by atoms with E-state index in [1.165, 1.54) is 6.07 Å². The first-order valence-corrected chi connectivity index (χ1v) is 19.2. The van der Waals surface area contributed by atoms with Crippen molar-refractivity contribution in [1.29, 1.82) is 10.5 Å². The molecule has 3 aliphatic heterocycles. The summed E-state index contributed by atoms with van der Waals surface area (Å²) in [6.07, 6.45) is 3.34. The maximum atomic E-state index is 17.2. The van der Waals surface area contributed by atoms with Crippen molar-refractivity contribution < 1.29 is 18.3 Å². The van der Waals surface area contributed by atoms with E-state index in [0.29, 0.717) is 58.1 Å². The minimum atomic E-state index is -0.590. The number of aromatic nitrogens is 2. The highest BCUT2D eigenvalue weighted by atomic mass is 35.5. The Morgan fingerprint density at radius 2 is 1.89 bits per heavy atom. The molecule has 1 N–H and O–H groups in total. The minimum Gasteiger partial charge on any atom is -0.372 e. The first kappa shape index (κ1) is 35.1. The van der Waals surface area contributed by atoms with E-state index in [9.17, 15) is 19.7 Å². The molecule has 12 heteroatoms. The molecule has 5 atom stereocenters. The van der Waals surface area contributed by atoms with E-state index in [4.69, 9.17) is 32.9 Å². The van der Waals surface area contributed by atoms with Crippen molar-refractivity contribution in [2.45, 2.75) is 76.3 Å². The Kier molecular flexibility index (Phi) is 8.86. The number of ether oxygens (including phenoxy) is 1. The molecule has 2 aliphatic carbocycles. The smallest absolute Gasteiger partial charge is 0.226 e. The van der Waals surface area contributed by atoms with Crippen molar-refractivity contribution in [2.24, 2.45) is 11.8 Å². The molecule has 5 fully saturated rings. The van der Waals surface area contributed by atoms with E-state index in [1.54, 1.807) is 30.3 Å². The largest absolute Gasteiger partial charge is 0.372 e. The highest BCUT2D eigenvalue weighted by Crippen LogP contribution is 2.51. The van der Waals surface area contributed by atoms with Gasteiger partial charge in [-0.25, -0.2) is 13.8 Å². The summed E-state index contributed by atoms with van der Waals surface area (Å²) >= 11 is 13.1. The molecule has 2 aromatic heterocycles. The second-order valence-corrected chi connectivity index (χ2v) is 15.9. The number of benzene rings is 3. The molecule has 5 unspecified atom stereocenters. The van der Waals surface area contributed by atoms with Crippen LogP contribution < -0.4 is 5.32 Å². The van der Waals surface area contributed by atoms with Gasteiger partial charge in [0.25, 0.3) is 0 Å². The van der Waals surface area contributed by atoms with Crippen LogP contribution in [0.2, 0.25) is 10.0 Å². The highest BCUT2D eigenvalue weighted by Gasteiger charge is 2.51. The number of nitrogens with one attached hydrogen (secondary N) is 1. The summed E-state index contributed by atoms with van der Waals surface area (Å²) in [6.45, 7) is 3.16. The predicted octanol–water partition coefficient (Wildman–Crippen LogP) is 8.88. The molecule has 5 aliphatic rings. The minimum absolute atomic E-state index is 0.0307. The lowest BCUT2D eigenvalue weighted by Crippen LogP contribution is -2.41. The van der Waals surface area contributed by atoms with Crippen LogP contribution in [-0.4, -0.2) is 45.6 Å². The number of carbonyl (C=O) groups is 1. The summed E-state index contributed by atoms with van der Waals surface area (Å²) < 4.78 is 40.4. The second-order valence-electron chi connectivity index (χ2n) is 15.1. The van der Waals surface area contributed by atoms with Crippen LogP contribution in [0, 0.1) is 53.1 Å². The fourth-order valence-corrected chi connectivity index (χ4v) is 9.52. The van der Waals surface area contributed by atoms with Crippen molar-refractivity contribution >= 4 is 50.9 Å². The van der Waals surface area contributed by atoms with Gasteiger partial charge in [0.1, 0.15) is 17.4 Å². The Morgan fingerprint density at radius 1 is 1.07 bits per heavy atom. The van der Waals surface area contributed by atoms with Crippen molar-refractivity contribution in [3.05, 3.63) is 98.3 Å². The first-order chi connectivity index (χ1) is 26.2. The number of aryl methyl sites for hydroxylation is 2. The van der Waals surface area contributed by atoms with Crippen LogP contribution in [0.5, 0.6) is 0 Å². The van der Waals surface area contributed by atoms with E-state index in [1.807, 2.05) is 24.0 Å². The van der Waals surface area contributed by atoms with E-state index in [0.717, 1.165) is 42.4 Å². The van der Waals surface area contributed by atoms with Crippen LogP contribution in [0.3, 0.4) is 0 Å².